The average molecular weight is 591 g/mol. The van der Waals surface area contributed by atoms with Crippen molar-refractivity contribution in [3.8, 4) is 5.75 Å². The van der Waals surface area contributed by atoms with Crippen molar-refractivity contribution >= 4 is 35.1 Å². The van der Waals surface area contributed by atoms with Gasteiger partial charge in [-0.2, -0.15) is 0 Å². The Balaban J connectivity index is 1.33. The number of aliphatic hydroxyl groups excluding tert-OH is 2. The van der Waals surface area contributed by atoms with Gasteiger partial charge in [-0.05, 0) is 56.2 Å². The molecule has 10 nitrogen and oxygen atoms in total. The van der Waals surface area contributed by atoms with Crippen molar-refractivity contribution in [2.45, 2.75) is 63.6 Å². The predicted octanol–water partition coefficient (Wildman–Crippen LogP) is 2.84. The zero-order chi connectivity index (χ0) is 29.4. The van der Waals surface area contributed by atoms with Gasteiger partial charge in [0.05, 0.1) is 23.8 Å². The van der Waals surface area contributed by atoms with Gasteiger partial charge in [0.1, 0.15) is 11.8 Å². The van der Waals surface area contributed by atoms with E-state index in [4.69, 9.17) is 11.6 Å². The molecule has 4 amide bonds. The van der Waals surface area contributed by atoms with Gasteiger partial charge in [0.25, 0.3) is 0 Å². The summed E-state index contributed by atoms with van der Waals surface area (Å²) in [4.78, 5) is 44.8. The summed E-state index contributed by atoms with van der Waals surface area (Å²) >= 11 is 5.92. The number of likely N-dealkylation sites (tertiary alicyclic amines) is 1. The van der Waals surface area contributed by atoms with E-state index in [9.17, 15) is 37.8 Å². The molecule has 0 bridgehead atoms. The number of ether oxygens (including phenoxy) is 1. The number of nitrogens with zero attached hydrogens (tertiary/aromatic N) is 4. The van der Waals surface area contributed by atoms with Gasteiger partial charge in [-0.15, -0.1) is 13.2 Å². The van der Waals surface area contributed by atoms with Crippen LogP contribution in [0.25, 0.3) is 0 Å². The Bertz CT molecular complexity index is 1130. The Hall–Kier alpha value is -2.77. The molecule has 1 aliphatic carbocycles. The number of urea groups is 1. The zero-order valence-electron chi connectivity index (χ0n) is 22.4. The molecule has 3 unspecified atom stereocenters. The van der Waals surface area contributed by atoms with Crippen LogP contribution in [0.2, 0.25) is 5.02 Å². The number of benzene rings is 1. The molecule has 222 valence electrons. The quantitative estimate of drug-likeness (QED) is 0.505. The molecular weight excluding hydrogens is 557 g/mol. The van der Waals surface area contributed by atoms with Gasteiger partial charge in [0, 0.05) is 45.3 Å². The van der Waals surface area contributed by atoms with E-state index < -0.39 is 42.2 Å². The van der Waals surface area contributed by atoms with Gasteiger partial charge in [0.2, 0.25) is 11.8 Å². The number of anilines is 1. The largest absolute Gasteiger partial charge is 0.573 e. The third-order valence-electron chi connectivity index (χ3n) is 8.32. The van der Waals surface area contributed by atoms with Gasteiger partial charge < -0.3 is 29.6 Å². The second kappa shape index (κ2) is 11.6. The second-order valence-electron chi connectivity index (χ2n) is 10.7. The number of hydrogen-bond donors (Lipinski definition) is 2. The first kappa shape index (κ1) is 30.2. The Labute approximate surface area is 235 Å². The lowest BCUT2D eigenvalue weighted by molar-refractivity contribution is -0.274. The van der Waals surface area contributed by atoms with E-state index in [0.717, 1.165) is 31.4 Å². The monoisotopic (exact) mass is 590 g/mol. The van der Waals surface area contributed by atoms with E-state index in [1.807, 2.05) is 0 Å². The first-order chi connectivity index (χ1) is 18.8. The molecule has 1 aromatic rings. The molecule has 2 saturated heterocycles. The van der Waals surface area contributed by atoms with Crippen molar-refractivity contribution in [1.82, 2.24) is 14.7 Å². The fraction of sp³-hybridized carbons (Fsp3) is 0.654. The molecule has 0 radical (unpaired) electrons. The number of carbonyl (C=O) groups excluding carboxylic acids is 3. The van der Waals surface area contributed by atoms with Crippen molar-refractivity contribution in [2.24, 2.45) is 5.41 Å². The minimum atomic E-state index is -4.92. The number of halogens is 4. The SMILES string of the molecule is CC1C(=O)N(C(CO)CCC(=O)N2CCC3(CC3)C(O)C2)CCN1C(=O)N(C)c1ccc(OC(F)(F)F)c(Cl)c1. The maximum atomic E-state index is 13.2. The number of alkyl halides is 3. The molecule has 3 fully saturated rings. The highest BCUT2D eigenvalue weighted by molar-refractivity contribution is 6.32. The number of hydrogen-bond acceptors (Lipinski definition) is 6. The molecule has 4 rings (SSSR count). The Morgan fingerprint density at radius 2 is 1.93 bits per heavy atom. The van der Waals surface area contributed by atoms with Crippen molar-refractivity contribution < 1.29 is 42.5 Å². The van der Waals surface area contributed by atoms with Crippen molar-refractivity contribution in [2.75, 3.05) is 44.7 Å². The standard InChI is InChI=1S/C26H34ClF3N4O6/c1-16-23(38)34(18(15-35)4-6-22(37)32-10-9-25(7-8-25)21(36)14-32)12-11-33(16)24(39)31(2)17-3-5-20(19(27)13-17)40-26(28,29)30/h3,5,13,16,18,21,35-36H,4,6-12,14-15H2,1-2H3. The molecule has 0 aromatic heterocycles. The van der Waals surface area contributed by atoms with Crippen LogP contribution in [0.15, 0.2) is 18.2 Å². The Morgan fingerprint density at radius 1 is 1.23 bits per heavy atom. The summed E-state index contributed by atoms with van der Waals surface area (Å²) in [6.45, 7) is 2.37. The first-order valence-electron chi connectivity index (χ1n) is 13.2. The minimum absolute atomic E-state index is 0.0185. The number of carbonyl (C=O) groups is 3. The number of amides is 4. The smallest absolute Gasteiger partial charge is 0.404 e. The number of rotatable bonds is 7. The molecule has 2 heterocycles. The third-order valence-corrected chi connectivity index (χ3v) is 8.61. The van der Waals surface area contributed by atoms with Gasteiger partial charge in [0.15, 0.2) is 0 Å². The highest BCUT2D eigenvalue weighted by Gasteiger charge is 2.51. The van der Waals surface area contributed by atoms with Crippen LogP contribution in [-0.4, -0.2) is 107 Å². The summed E-state index contributed by atoms with van der Waals surface area (Å²) in [6, 6.07) is 1.35. The van der Waals surface area contributed by atoms with E-state index in [2.05, 4.69) is 4.74 Å². The molecule has 2 N–H and O–H groups in total. The van der Waals surface area contributed by atoms with Gasteiger partial charge in [-0.3, -0.25) is 14.5 Å². The molecule has 3 aliphatic rings. The highest BCUT2D eigenvalue weighted by Crippen LogP contribution is 2.53. The number of β-amino-alcohol motifs (C(OH)–C–C–N with tert-alkyl or cyclic N) is 1. The number of aliphatic hydroxyl groups is 2. The van der Waals surface area contributed by atoms with Crippen LogP contribution in [0.3, 0.4) is 0 Å². The van der Waals surface area contributed by atoms with E-state index in [-0.39, 0.29) is 54.6 Å². The lowest BCUT2D eigenvalue weighted by atomic mass is 9.90. The lowest BCUT2D eigenvalue weighted by Crippen LogP contribution is -2.62. The van der Waals surface area contributed by atoms with Crippen LogP contribution >= 0.6 is 11.6 Å². The predicted molar refractivity (Wildman–Crippen MR) is 139 cm³/mol. The molecule has 2 aliphatic heterocycles. The molecule has 1 spiro atoms. The molecule has 40 heavy (non-hydrogen) atoms. The first-order valence-corrected chi connectivity index (χ1v) is 13.6. The minimum Gasteiger partial charge on any atom is -0.404 e. The lowest BCUT2D eigenvalue weighted by Gasteiger charge is -2.43. The summed E-state index contributed by atoms with van der Waals surface area (Å²) in [5.41, 5.74) is 0.184. The number of piperidine rings is 1. The van der Waals surface area contributed by atoms with Gasteiger partial charge in [-0.25, -0.2) is 4.79 Å². The van der Waals surface area contributed by atoms with Crippen molar-refractivity contribution in [1.29, 1.82) is 0 Å². The van der Waals surface area contributed by atoms with E-state index in [0.29, 0.717) is 13.1 Å². The van der Waals surface area contributed by atoms with Crippen LogP contribution in [-0.2, 0) is 9.59 Å². The van der Waals surface area contributed by atoms with E-state index in [1.165, 1.54) is 27.8 Å². The fourth-order valence-corrected chi connectivity index (χ4v) is 5.72. The van der Waals surface area contributed by atoms with Gasteiger partial charge in [-0.1, -0.05) is 11.6 Å². The van der Waals surface area contributed by atoms with Gasteiger partial charge >= 0.3 is 12.4 Å². The summed E-state index contributed by atoms with van der Waals surface area (Å²) < 4.78 is 41.4. The van der Waals surface area contributed by atoms with Crippen molar-refractivity contribution in [3.05, 3.63) is 23.2 Å². The van der Waals surface area contributed by atoms with E-state index >= 15 is 0 Å². The highest BCUT2D eigenvalue weighted by atomic mass is 35.5. The molecule has 14 heteroatoms. The Kier molecular flexibility index (Phi) is 8.77. The normalized spacial score (nSPS) is 23.3. The molecule has 3 atom stereocenters. The molecule has 1 saturated carbocycles. The summed E-state index contributed by atoms with van der Waals surface area (Å²) in [7, 11) is 1.41. The maximum Gasteiger partial charge on any atom is 0.573 e. The van der Waals surface area contributed by atoms with Crippen LogP contribution in [0.5, 0.6) is 5.75 Å². The zero-order valence-corrected chi connectivity index (χ0v) is 23.1. The summed E-state index contributed by atoms with van der Waals surface area (Å²) in [5, 5.41) is 20.1. The van der Waals surface area contributed by atoms with Crippen LogP contribution in [0.1, 0.15) is 39.0 Å². The molecule has 1 aromatic carbocycles. The average Bonchev–Trinajstić information content (AvgIpc) is 3.68. The van der Waals surface area contributed by atoms with Crippen LogP contribution in [0, 0.1) is 5.41 Å². The fourth-order valence-electron chi connectivity index (χ4n) is 5.51. The summed E-state index contributed by atoms with van der Waals surface area (Å²) in [5.74, 6) is -1.13. The summed E-state index contributed by atoms with van der Waals surface area (Å²) in [6.07, 6.45) is -2.33. The van der Waals surface area contributed by atoms with Crippen LogP contribution < -0.4 is 9.64 Å². The second-order valence-corrected chi connectivity index (χ2v) is 11.2. The molecular formula is C26H34ClF3N4O6. The third kappa shape index (κ3) is 6.41. The topological polar surface area (TPSA) is 114 Å². The van der Waals surface area contributed by atoms with Crippen molar-refractivity contribution in [3.63, 3.8) is 0 Å². The Morgan fingerprint density at radius 3 is 2.50 bits per heavy atom. The number of piperazine rings is 1. The van der Waals surface area contributed by atoms with E-state index in [1.54, 1.807) is 11.8 Å². The van der Waals surface area contributed by atoms with Crippen LogP contribution in [0.4, 0.5) is 23.7 Å². The maximum absolute atomic E-state index is 13.2.